The molecule has 3 atom stereocenters. The van der Waals surface area contributed by atoms with Gasteiger partial charge in [0.2, 0.25) is 0 Å². The summed E-state index contributed by atoms with van der Waals surface area (Å²) in [6, 6.07) is 15.2. The zero-order valence-corrected chi connectivity index (χ0v) is 28.8. The summed E-state index contributed by atoms with van der Waals surface area (Å²) in [6.45, 7) is 19.4. The summed E-state index contributed by atoms with van der Waals surface area (Å²) >= 11 is 6.62. The number of piperidine rings is 1. The minimum absolute atomic E-state index is 0.0187. The maximum Gasteiger partial charge on any atom is 0.407 e. The lowest BCUT2D eigenvalue weighted by molar-refractivity contribution is 0.00152. The first-order valence-corrected chi connectivity index (χ1v) is 17.4. The lowest BCUT2D eigenvalue weighted by Crippen LogP contribution is -2.55. The Balaban J connectivity index is 1.28. The molecule has 0 bridgehead atoms. The molecule has 0 spiro atoms. The maximum absolute atomic E-state index is 15.3. The molecule has 7 nitrogen and oxygen atoms in total. The molecule has 1 saturated carbocycles. The van der Waals surface area contributed by atoms with Gasteiger partial charge in [0.25, 0.3) is 0 Å². The van der Waals surface area contributed by atoms with Crippen LogP contribution in [0.25, 0.3) is 4.85 Å². The van der Waals surface area contributed by atoms with Crippen LogP contribution in [0.1, 0.15) is 54.6 Å². The number of hydrogen-bond donors (Lipinski definition) is 1. The fourth-order valence-corrected chi connectivity index (χ4v) is 9.10. The highest BCUT2D eigenvalue weighted by Gasteiger charge is 2.53. The molecule has 47 heavy (non-hydrogen) atoms. The first-order chi connectivity index (χ1) is 22.6. The van der Waals surface area contributed by atoms with E-state index >= 15 is 4.39 Å². The second-order valence-corrected chi connectivity index (χ2v) is 14.5. The number of halogens is 2. The minimum atomic E-state index is -0.487. The van der Waals surface area contributed by atoms with Crippen LogP contribution in [0.4, 0.5) is 20.6 Å². The number of carbonyl (C=O) groups excluding carboxylic acids is 1. The number of hydrogen-bond acceptors (Lipinski definition) is 4. The molecule has 1 aromatic heterocycles. The van der Waals surface area contributed by atoms with Gasteiger partial charge >= 0.3 is 6.09 Å². The minimum Gasteiger partial charge on any atom is -0.446 e. The highest BCUT2D eigenvalue weighted by atomic mass is 35.5. The molecule has 1 N–H and O–H groups in total. The van der Waals surface area contributed by atoms with Gasteiger partial charge in [-0.25, -0.2) is 14.0 Å². The van der Waals surface area contributed by atoms with Gasteiger partial charge in [-0.2, -0.15) is 0 Å². The van der Waals surface area contributed by atoms with E-state index in [4.69, 9.17) is 22.9 Å². The van der Waals surface area contributed by atoms with Crippen LogP contribution in [0.15, 0.2) is 48.5 Å². The van der Waals surface area contributed by atoms with E-state index in [2.05, 4.69) is 51.4 Å². The zero-order chi connectivity index (χ0) is 33.3. The topological polar surface area (TPSA) is 54.1 Å². The number of nitrogens with one attached hydrogen (secondary N) is 1. The maximum atomic E-state index is 15.3. The van der Waals surface area contributed by atoms with Crippen molar-refractivity contribution in [2.45, 2.75) is 70.9 Å². The van der Waals surface area contributed by atoms with Gasteiger partial charge in [-0.05, 0) is 119 Å². The Morgan fingerprint density at radius 1 is 1.06 bits per heavy atom. The van der Waals surface area contributed by atoms with Crippen LogP contribution in [-0.4, -0.2) is 61.4 Å². The van der Waals surface area contributed by atoms with Crippen LogP contribution in [0.5, 0.6) is 0 Å². The quantitative estimate of drug-likeness (QED) is 0.236. The Hall–Kier alpha value is -3.54. The molecule has 250 valence electrons. The molecule has 3 heterocycles. The standard InChI is InChI=1S/C38H47ClFN5O2/c1-25-17-26(2)45(27(25)3)24-38(30-18-31(39)20-32(40)19-30,35-7-6-8-36(35)47-37(46)42-5)29-13-15-43(16-14-29)21-28-22-44(23-28)34-11-9-33(41-4)10-12-34/h9-12,17-20,28-29,35-36H,6-8,13-16,21-24H2,1-3,5H3,(H,42,46)/t35-,36-,38?/m0/s1. The van der Waals surface area contributed by atoms with E-state index in [1.165, 1.54) is 28.7 Å². The van der Waals surface area contributed by atoms with E-state index < -0.39 is 11.5 Å². The molecule has 0 radical (unpaired) electrons. The van der Waals surface area contributed by atoms with E-state index in [0.717, 1.165) is 70.4 Å². The molecule has 3 aromatic rings. The Kier molecular flexibility index (Phi) is 9.87. The smallest absolute Gasteiger partial charge is 0.407 e. The number of amides is 1. The number of alkyl carbamates (subject to hydrolysis) is 1. The monoisotopic (exact) mass is 659 g/mol. The summed E-state index contributed by atoms with van der Waals surface area (Å²) in [7, 11) is 1.60. The van der Waals surface area contributed by atoms with Crippen LogP contribution in [0.3, 0.4) is 0 Å². The van der Waals surface area contributed by atoms with Crippen molar-refractivity contribution < 1.29 is 13.9 Å². The molecule has 9 heteroatoms. The van der Waals surface area contributed by atoms with Crippen LogP contribution in [0, 0.1) is 50.9 Å². The number of aromatic nitrogens is 1. The van der Waals surface area contributed by atoms with E-state index in [0.29, 0.717) is 23.2 Å². The van der Waals surface area contributed by atoms with Gasteiger partial charge in [-0.1, -0.05) is 23.7 Å². The molecule has 6 rings (SSSR count). The van der Waals surface area contributed by atoms with E-state index in [9.17, 15) is 4.79 Å². The Bertz CT molecular complexity index is 1600. The molecule has 3 aliphatic rings. The fraction of sp³-hybridized carbons (Fsp3) is 0.526. The average Bonchev–Trinajstić information content (AvgIpc) is 3.60. The van der Waals surface area contributed by atoms with Crippen LogP contribution in [-0.2, 0) is 16.7 Å². The summed E-state index contributed by atoms with van der Waals surface area (Å²) in [5, 5.41) is 3.06. The highest BCUT2D eigenvalue weighted by molar-refractivity contribution is 6.30. The van der Waals surface area contributed by atoms with Gasteiger partial charge in [0.1, 0.15) is 11.9 Å². The second kappa shape index (κ2) is 13.9. The largest absolute Gasteiger partial charge is 0.446 e. The number of aryl methyl sites for hydroxylation is 2. The molecular formula is C38H47ClFN5O2. The van der Waals surface area contributed by atoms with Gasteiger partial charge in [0, 0.05) is 72.6 Å². The lowest BCUT2D eigenvalue weighted by Gasteiger charge is -2.51. The molecule has 1 amide bonds. The van der Waals surface area contributed by atoms with Crippen molar-refractivity contribution >= 4 is 29.1 Å². The Labute approximate surface area is 283 Å². The van der Waals surface area contributed by atoms with Crippen molar-refractivity contribution in [1.82, 2.24) is 14.8 Å². The normalized spacial score (nSPS) is 22.0. The highest BCUT2D eigenvalue weighted by Crippen LogP contribution is 2.53. The zero-order valence-electron chi connectivity index (χ0n) is 28.1. The molecule has 2 aliphatic heterocycles. The number of benzene rings is 2. The average molecular weight is 660 g/mol. The third-order valence-electron chi connectivity index (χ3n) is 11.4. The number of rotatable bonds is 9. The van der Waals surface area contributed by atoms with Crippen LogP contribution < -0.4 is 10.2 Å². The lowest BCUT2D eigenvalue weighted by atomic mass is 9.58. The number of nitrogens with zero attached hydrogens (tertiary/aromatic N) is 4. The van der Waals surface area contributed by atoms with Crippen LogP contribution in [0.2, 0.25) is 5.02 Å². The molecule has 2 aromatic carbocycles. The molecule has 1 aliphatic carbocycles. The third kappa shape index (κ3) is 6.75. The van der Waals surface area contributed by atoms with Crippen molar-refractivity contribution in [1.29, 1.82) is 0 Å². The second-order valence-electron chi connectivity index (χ2n) is 14.0. The number of anilines is 1. The van der Waals surface area contributed by atoms with Crippen molar-refractivity contribution in [3.05, 3.63) is 93.3 Å². The van der Waals surface area contributed by atoms with Crippen molar-refractivity contribution in [3.8, 4) is 0 Å². The van der Waals surface area contributed by atoms with Crippen LogP contribution >= 0.6 is 11.6 Å². The first kappa shape index (κ1) is 33.4. The van der Waals surface area contributed by atoms with Crippen molar-refractivity contribution in [3.63, 3.8) is 0 Å². The molecule has 1 unspecified atom stereocenters. The summed E-state index contributed by atoms with van der Waals surface area (Å²) in [6.07, 6.45) is 3.93. The summed E-state index contributed by atoms with van der Waals surface area (Å²) in [5.74, 6) is 0.541. The van der Waals surface area contributed by atoms with E-state index in [1.807, 2.05) is 30.3 Å². The molecule has 3 fully saturated rings. The number of likely N-dealkylation sites (tertiary alicyclic amines) is 1. The fourth-order valence-electron chi connectivity index (χ4n) is 8.87. The van der Waals surface area contributed by atoms with Gasteiger partial charge < -0.3 is 24.4 Å². The van der Waals surface area contributed by atoms with Gasteiger partial charge in [-0.3, -0.25) is 0 Å². The summed E-state index contributed by atoms with van der Waals surface area (Å²) < 4.78 is 23.8. The van der Waals surface area contributed by atoms with Gasteiger partial charge in [0.15, 0.2) is 5.69 Å². The van der Waals surface area contributed by atoms with E-state index in [1.54, 1.807) is 13.1 Å². The van der Waals surface area contributed by atoms with E-state index in [-0.39, 0.29) is 23.8 Å². The van der Waals surface area contributed by atoms with Gasteiger partial charge in [-0.15, -0.1) is 0 Å². The third-order valence-corrected chi connectivity index (χ3v) is 11.6. The summed E-state index contributed by atoms with van der Waals surface area (Å²) in [4.78, 5) is 21.1. The number of ether oxygens (including phenoxy) is 1. The Morgan fingerprint density at radius 3 is 2.40 bits per heavy atom. The predicted molar refractivity (Wildman–Crippen MR) is 186 cm³/mol. The van der Waals surface area contributed by atoms with Crippen molar-refractivity contribution in [2.75, 3.05) is 44.7 Å². The number of carbonyl (C=O) groups is 1. The molecular weight excluding hydrogens is 613 g/mol. The van der Waals surface area contributed by atoms with Gasteiger partial charge in [0.05, 0.1) is 6.57 Å². The van der Waals surface area contributed by atoms with Crippen molar-refractivity contribution in [2.24, 2.45) is 17.8 Å². The summed E-state index contributed by atoms with van der Waals surface area (Å²) in [5.41, 5.74) is 5.93. The molecule has 2 saturated heterocycles. The predicted octanol–water partition coefficient (Wildman–Crippen LogP) is 8.07. The Morgan fingerprint density at radius 2 is 1.79 bits per heavy atom. The SMILES string of the molecule is [C-]#[N+]c1ccc(N2CC(CN3CCC(C(Cn4c(C)cc(C)c4C)(c4cc(F)cc(Cl)c4)[C@H]4CCC[C@@H]4OC(=O)NC)CC3)C2)cc1. The first-order valence-electron chi connectivity index (χ1n) is 17.0.